The molecule has 0 aliphatic rings. The second kappa shape index (κ2) is 7.12. The van der Waals surface area contributed by atoms with E-state index in [1.807, 2.05) is 0 Å². The van der Waals surface area contributed by atoms with Gasteiger partial charge in [-0.2, -0.15) is 0 Å². The lowest BCUT2D eigenvalue weighted by molar-refractivity contribution is 0.0948. The van der Waals surface area contributed by atoms with Gasteiger partial charge in [-0.1, -0.05) is 20.3 Å². The molecule has 1 aromatic rings. The number of aromatic nitrogens is 1. The van der Waals surface area contributed by atoms with E-state index in [1.165, 1.54) is 18.9 Å². The van der Waals surface area contributed by atoms with Crippen LogP contribution in [0.5, 0.6) is 0 Å². The van der Waals surface area contributed by atoms with Crippen molar-refractivity contribution < 1.29 is 4.74 Å². The maximum absolute atomic E-state index is 11.5. The normalized spacial score (nSPS) is 12.6. The summed E-state index contributed by atoms with van der Waals surface area (Å²) in [6.45, 7) is 6.21. The van der Waals surface area contributed by atoms with Gasteiger partial charge >= 0.3 is 0 Å². The molecule has 1 aromatic heterocycles. The van der Waals surface area contributed by atoms with Gasteiger partial charge in [-0.15, -0.1) is 0 Å². The Hall–Kier alpha value is -1.29. The van der Waals surface area contributed by atoms with E-state index in [9.17, 15) is 4.79 Å². The highest BCUT2D eigenvalue weighted by molar-refractivity contribution is 5.33. The van der Waals surface area contributed by atoms with Crippen molar-refractivity contribution in [1.82, 2.24) is 4.57 Å². The van der Waals surface area contributed by atoms with Gasteiger partial charge in [0, 0.05) is 31.1 Å². The number of anilines is 1. The van der Waals surface area contributed by atoms with Crippen molar-refractivity contribution in [3.8, 4) is 0 Å². The van der Waals surface area contributed by atoms with Crippen LogP contribution in [-0.4, -0.2) is 17.8 Å². The Labute approximate surface area is 102 Å². The first-order chi connectivity index (χ1) is 8.13. The van der Waals surface area contributed by atoms with Crippen molar-refractivity contribution >= 4 is 5.69 Å². The Morgan fingerprint density at radius 3 is 2.94 bits per heavy atom. The molecule has 0 amide bonds. The molecule has 1 heterocycles. The first kappa shape index (κ1) is 13.8. The Kier molecular flexibility index (Phi) is 5.77. The molecule has 0 bridgehead atoms. The fraction of sp³-hybridized carbons (Fsp3) is 0.615. The van der Waals surface area contributed by atoms with Gasteiger partial charge < -0.3 is 15.0 Å². The van der Waals surface area contributed by atoms with Crippen LogP contribution in [-0.2, 0) is 11.3 Å². The van der Waals surface area contributed by atoms with E-state index < -0.39 is 0 Å². The molecule has 0 fully saturated rings. The van der Waals surface area contributed by atoms with Gasteiger partial charge in [0.05, 0.1) is 6.61 Å². The molecule has 96 valence electrons. The molecule has 1 rings (SSSR count). The summed E-state index contributed by atoms with van der Waals surface area (Å²) in [6.07, 6.45) is 4.01. The third-order valence-electron chi connectivity index (χ3n) is 2.67. The fourth-order valence-corrected chi connectivity index (χ4v) is 1.75. The van der Waals surface area contributed by atoms with Crippen LogP contribution in [0, 0.1) is 5.92 Å². The molecule has 0 aliphatic carbocycles. The molecule has 0 saturated carbocycles. The summed E-state index contributed by atoms with van der Waals surface area (Å²) in [5, 5.41) is 0. The molecule has 0 spiro atoms. The SMILES string of the molecule is CCCC(C)COCCn1cc(N)ccc1=O. The maximum atomic E-state index is 11.5. The quantitative estimate of drug-likeness (QED) is 0.738. The lowest BCUT2D eigenvalue weighted by Gasteiger charge is -2.11. The lowest BCUT2D eigenvalue weighted by Crippen LogP contribution is -2.22. The summed E-state index contributed by atoms with van der Waals surface area (Å²) in [7, 11) is 0. The minimum atomic E-state index is -0.0376. The van der Waals surface area contributed by atoms with E-state index in [1.54, 1.807) is 16.8 Å². The van der Waals surface area contributed by atoms with Crippen LogP contribution in [0.1, 0.15) is 26.7 Å². The number of pyridine rings is 1. The van der Waals surface area contributed by atoms with E-state index in [0.717, 1.165) is 6.61 Å². The van der Waals surface area contributed by atoms with Crippen molar-refractivity contribution in [3.63, 3.8) is 0 Å². The highest BCUT2D eigenvalue weighted by Crippen LogP contribution is 2.05. The van der Waals surface area contributed by atoms with Crippen LogP contribution >= 0.6 is 0 Å². The first-order valence-corrected chi connectivity index (χ1v) is 6.17. The smallest absolute Gasteiger partial charge is 0.250 e. The predicted molar refractivity (Wildman–Crippen MR) is 70.0 cm³/mol. The second-order valence-corrected chi connectivity index (χ2v) is 4.46. The van der Waals surface area contributed by atoms with Crippen molar-refractivity contribution in [2.24, 2.45) is 5.92 Å². The Bertz CT molecular complexity index is 387. The summed E-state index contributed by atoms with van der Waals surface area (Å²) >= 11 is 0. The van der Waals surface area contributed by atoms with Crippen LogP contribution in [0.2, 0.25) is 0 Å². The van der Waals surface area contributed by atoms with E-state index >= 15 is 0 Å². The van der Waals surface area contributed by atoms with Gasteiger partial charge in [-0.25, -0.2) is 0 Å². The zero-order valence-electron chi connectivity index (χ0n) is 10.7. The molecule has 1 atom stereocenters. The third-order valence-corrected chi connectivity index (χ3v) is 2.67. The van der Waals surface area contributed by atoms with Crippen LogP contribution in [0.25, 0.3) is 0 Å². The van der Waals surface area contributed by atoms with Gasteiger partial charge in [0.2, 0.25) is 0 Å². The highest BCUT2D eigenvalue weighted by Gasteiger charge is 2.01. The highest BCUT2D eigenvalue weighted by atomic mass is 16.5. The first-order valence-electron chi connectivity index (χ1n) is 6.17. The summed E-state index contributed by atoms with van der Waals surface area (Å²) in [6, 6.07) is 3.10. The maximum Gasteiger partial charge on any atom is 0.250 e. The molecule has 1 unspecified atom stereocenters. The van der Waals surface area contributed by atoms with Gasteiger partial charge in [-0.05, 0) is 18.4 Å². The van der Waals surface area contributed by atoms with E-state index in [4.69, 9.17) is 10.5 Å². The van der Waals surface area contributed by atoms with Crippen molar-refractivity contribution in [2.75, 3.05) is 18.9 Å². The van der Waals surface area contributed by atoms with Gasteiger partial charge in [-0.3, -0.25) is 4.79 Å². The standard InChI is InChI=1S/C13H22N2O2/c1-3-4-11(2)10-17-8-7-15-9-12(14)5-6-13(15)16/h5-6,9,11H,3-4,7-8,10,14H2,1-2H3. The minimum Gasteiger partial charge on any atom is -0.398 e. The zero-order chi connectivity index (χ0) is 12.7. The average Bonchev–Trinajstić information content (AvgIpc) is 2.29. The van der Waals surface area contributed by atoms with Crippen molar-refractivity contribution in [3.05, 3.63) is 28.7 Å². The Morgan fingerprint density at radius 2 is 2.24 bits per heavy atom. The van der Waals surface area contributed by atoms with Crippen molar-refractivity contribution in [2.45, 2.75) is 33.2 Å². The van der Waals surface area contributed by atoms with Crippen LogP contribution in [0.4, 0.5) is 5.69 Å². The number of hydrogen-bond donors (Lipinski definition) is 1. The number of rotatable bonds is 7. The molecular weight excluding hydrogens is 216 g/mol. The largest absolute Gasteiger partial charge is 0.398 e. The van der Waals surface area contributed by atoms with Crippen LogP contribution in [0.15, 0.2) is 23.1 Å². The van der Waals surface area contributed by atoms with Crippen LogP contribution in [0.3, 0.4) is 0 Å². The molecule has 0 aromatic carbocycles. The molecule has 17 heavy (non-hydrogen) atoms. The Balaban J connectivity index is 2.31. The van der Waals surface area contributed by atoms with Gasteiger partial charge in [0.15, 0.2) is 0 Å². The average molecular weight is 238 g/mol. The number of nitrogens with two attached hydrogens (primary N) is 1. The van der Waals surface area contributed by atoms with E-state index in [0.29, 0.717) is 24.8 Å². The van der Waals surface area contributed by atoms with Crippen LogP contribution < -0.4 is 11.3 Å². The minimum absolute atomic E-state index is 0.0376. The van der Waals surface area contributed by atoms with E-state index in [2.05, 4.69) is 13.8 Å². The fourth-order valence-electron chi connectivity index (χ4n) is 1.75. The molecule has 0 aliphatic heterocycles. The number of nitrogens with zero attached hydrogens (tertiary/aromatic N) is 1. The lowest BCUT2D eigenvalue weighted by atomic mass is 10.1. The Morgan fingerprint density at radius 1 is 1.47 bits per heavy atom. The number of nitrogen functional groups attached to an aromatic ring is 1. The monoisotopic (exact) mass is 238 g/mol. The summed E-state index contributed by atoms with van der Waals surface area (Å²) < 4.78 is 7.13. The predicted octanol–water partition coefficient (Wildman–Crippen LogP) is 1.88. The molecule has 0 radical (unpaired) electrons. The van der Waals surface area contributed by atoms with E-state index in [-0.39, 0.29) is 5.56 Å². The molecule has 4 heteroatoms. The third kappa shape index (κ3) is 5.04. The summed E-state index contributed by atoms with van der Waals surface area (Å²) in [5.41, 5.74) is 6.18. The molecule has 0 saturated heterocycles. The second-order valence-electron chi connectivity index (χ2n) is 4.46. The zero-order valence-corrected chi connectivity index (χ0v) is 10.7. The molecule has 2 N–H and O–H groups in total. The summed E-state index contributed by atoms with van der Waals surface area (Å²) in [5.74, 6) is 0.581. The van der Waals surface area contributed by atoms with Gasteiger partial charge in [0.1, 0.15) is 0 Å². The molecule has 4 nitrogen and oxygen atoms in total. The number of ether oxygens (including phenoxy) is 1. The molecular formula is C13H22N2O2. The van der Waals surface area contributed by atoms with Gasteiger partial charge in [0.25, 0.3) is 5.56 Å². The topological polar surface area (TPSA) is 57.2 Å². The number of hydrogen-bond acceptors (Lipinski definition) is 3. The van der Waals surface area contributed by atoms with Crippen molar-refractivity contribution in [1.29, 1.82) is 0 Å². The summed E-state index contributed by atoms with van der Waals surface area (Å²) in [4.78, 5) is 11.5.